The van der Waals surface area contributed by atoms with E-state index in [4.69, 9.17) is 0 Å². The minimum absolute atomic E-state index is 0.409. The van der Waals surface area contributed by atoms with Crippen LogP contribution in [-0.2, 0) is 4.79 Å². The average molecular weight is 164 g/mol. The van der Waals surface area contributed by atoms with Crippen LogP contribution in [-0.4, -0.2) is 5.78 Å². The lowest BCUT2D eigenvalue weighted by Gasteiger charge is -2.05. The van der Waals surface area contributed by atoms with Crippen molar-refractivity contribution in [1.82, 2.24) is 0 Å². The minimum atomic E-state index is 0.409. The third kappa shape index (κ3) is 3.57. The molecule has 0 spiro atoms. The van der Waals surface area contributed by atoms with E-state index in [1.165, 1.54) is 0 Å². The van der Waals surface area contributed by atoms with Gasteiger partial charge < -0.3 is 0 Å². The molecular formula is C11H16O. The Morgan fingerprint density at radius 3 is 3.00 bits per heavy atom. The molecule has 0 radical (unpaired) electrons. The smallest absolute Gasteiger partial charge is 0.132 e. The number of carbonyl (C=O) groups is 1. The largest absolute Gasteiger partial charge is 0.300 e. The van der Waals surface area contributed by atoms with E-state index in [1.807, 2.05) is 0 Å². The maximum absolute atomic E-state index is 11.2. The maximum atomic E-state index is 11.2. The molecule has 0 aliphatic heterocycles. The van der Waals surface area contributed by atoms with Gasteiger partial charge in [0.05, 0.1) is 0 Å². The molecule has 0 aromatic carbocycles. The molecule has 0 N–H and O–H groups in total. The predicted octanol–water partition coefficient (Wildman–Crippen LogP) is 2.55. The van der Waals surface area contributed by atoms with Crippen molar-refractivity contribution >= 4 is 5.78 Å². The van der Waals surface area contributed by atoms with E-state index >= 15 is 0 Å². The Balaban J connectivity index is 2.45. The second kappa shape index (κ2) is 4.98. The molecule has 12 heavy (non-hydrogen) atoms. The summed E-state index contributed by atoms with van der Waals surface area (Å²) < 4.78 is 0. The first-order valence-corrected chi connectivity index (χ1v) is 4.79. The third-order valence-corrected chi connectivity index (χ3v) is 2.21. The van der Waals surface area contributed by atoms with Crippen molar-refractivity contribution < 1.29 is 4.79 Å². The van der Waals surface area contributed by atoms with Crippen LogP contribution < -0.4 is 0 Å². The molecule has 0 saturated heterocycles. The standard InChI is InChI=1S/C11H16O/c1-10-6-4-2-3-5-7-11(12)9-8-10/h10H,2-3,5,7-9H2,1H3. The second-order valence-corrected chi connectivity index (χ2v) is 3.51. The summed E-state index contributed by atoms with van der Waals surface area (Å²) in [5.41, 5.74) is 0. The lowest BCUT2D eigenvalue weighted by Crippen LogP contribution is -2.02. The van der Waals surface area contributed by atoms with Crippen LogP contribution in [0.15, 0.2) is 0 Å². The quantitative estimate of drug-likeness (QED) is 0.503. The molecule has 0 amide bonds. The Morgan fingerprint density at radius 1 is 1.33 bits per heavy atom. The molecule has 0 heterocycles. The number of hydrogen-bond acceptors (Lipinski definition) is 1. The molecule has 1 nitrogen and oxygen atoms in total. The fraction of sp³-hybridized carbons (Fsp3) is 0.727. The molecule has 1 aliphatic carbocycles. The van der Waals surface area contributed by atoms with Gasteiger partial charge in [-0.15, -0.1) is 11.8 Å². The van der Waals surface area contributed by atoms with Crippen LogP contribution in [0.2, 0.25) is 0 Å². The van der Waals surface area contributed by atoms with E-state index in [1.54, 1.807) is 0 Å². The van der Waals surface area contributed by atoms with Gasteiger partial charge in [-0.3, -0.25) is 4.79 Å². The molecule has 0 saturated carbocycles. The van der Waals surface area contributed by atoms with E-state index in [2.05, 4.69) is 18.8 Å². The lowest BCUT2D eigenvalue weighted by molar-refractivity contribution is -0.119. The van der Waals surface area contributed by atoms with Crippen molar-refractivity contribution in [2.45, 2.75) is 45.4 Å². The van der Waals surface area contributed by atoms with Gasteiger partial charge in [-0.1, -0.05) is 6.92 Å². The molecule has 1 rings (SSSR count). The van der Waals surface area contributed by atoms with Crippen LogP contribution in [0.25, 0.3) is 0 Å². The zero-order chi connectivity index (χ0) is 8.81. The third-order valence-electron chi connectivity index (χ3n) is 2.21. The van der Waals surface area contributed by atoms with Crippen molar-refractivity contribution in [3.8, 4) is 11.8 Å². The SMILES string of the molecule is CC1C#CCCCCC(=O)CC1. The first kappa shape index (κ1) is 9.32. The Hall–Kier alpha value is -0.770. The van der Waals surface area contributed by atoms with Gasteiger partial charge in [0.2, 0.25) is 0 Å². The summed E-state index contributed by atoms with van der Waals surface area (Å²) in [5.74, 6) is 7.16. The normalized spacial score (nSPS) is 25.8. The van der Waals surface area contributed by atoms with E-state index < -0.39 is 0 Å². The number of ketones is 1. The highest BCUT2D eigenvalue weighted by Gasteiger charge is 2.05. The molecule has 1 atom stereocenters. The first-order chi connectivity index (χ1) is 5.79. The molecule has 1 unspecified atom stereocenters. The highest BCUT2D eigenvalue weighted by Crippen LogP contribution is 2.10. The van der Waals surface area contributed by atoms with Gasteiger partial charge in [-0.05, 0) is 19.3 Å². The van der Waals surface area contributed by atoms with Crippen molar-refractivity contribution in [3.05, 3.63) is 0 Å². The van der Waals surface area contributed by atoms with Gasteiger partial charge in [-0.25, -0.2) is 0 Å². The highest BCUT2D eigenvalue weighted by atomic mass is 16.1. The Bertz CT molecular complexity index is 207. The average Bonchev–Trinajstić information content (AvgIpc) is 2.07. The van der Waals surface area contributed by atoms with Crippen LogP contribution in [0.1, 0.15) is 45.4 Å². The summed E-state index contributed by atoms with van der Waals surface area (Å²) in [5, 5.41) is 0. The fourth-order valence-corrected chi connectivity index (χ4v) is 1.36. The van der Waals surface area contributed by atoms with Crippen molar-refractivity contribution in [3.63, 3.8) is 0 Å². The number of Topliss-reactive ketones (excluding diaryl/α,β-unsaturated/α-hetero) is 1. The van der Waals surface area contributed by atoms with Gasteiger partial charge in [0.15, 0.2) is 0 Å². The molecule has 0 bridgehead atoms. The summed E-state index contributed by atoms with van der Waals surface area (Å²) in [7, 11) is 0. The predicted molar refractivity (Wildman–Crippen MR) is 49.6 cm³/mol. The van der Waals surface area contributed by atoms with Gasteiger partial charge in [0.1, 0.15) is 5.78 Å². The van der Waals surface area contributed by atoms with Gasteiger partial charge in [0.25, 0.3) is 0 Å². The van der Waals surface area contributed by atoms with E-state index in [-0.39, 0.29) is 0 Å². The summed E-state index contributed by atoms with van der Waals surface area (Å²) in [6.07, 6.45) is 5.54. The highest BCUT2D eigenvalue weighted by molar-refractivity contribution is 5.78. The van der Waals surface area contributed by atoms with Crippen LogP contribution in [0, 0.1) is 17.8 Å². The minimum Gasteiger partial charge on any atom is -0.300 e. The van der Waals surface area contributed by atoms with Crippen LogP contribution in [0.3, 0.4) is 0 Å². The molecule has 0 aromatic rings. The van der Waals surface area contributed by atoms with E-state index in [9.17, 15) is 4.79 Å². The zero-order valence-corrected chi connectivity index (χ0v) is 7.73. The first-order valence-electron chi connectivity index (χ1n) is 4.79. The number of carbonyl (C=O) groups excluding carboxylic acids is 1. The Kier molecular flexibility index (Phi) is 3.87. The van der Waals surface area contributed by atoms with Crippen LogP contribution in [0.5, 0.6) is 0 Å². The topological polar surface area (TPSA) is 17.1 Å². The van der Waals surface area contributed by atoms with E-state index in [0.717, 1.165) is 38.5 Å². The summed E-state index contributed by atoms with van der Waals surface area (Å²) >= 11 is 0. The summed E-state index contributed by atoms with van der Waals surface area (Å²) in [4.78, 5) is 11.2. The lowest BCUT2D eigenvalue weighted by atomic mass is 9.99. The van der Waals surface area contributed by atoms with Gasteiger partial charge >= 0.3 is 0 Å². The Labute approximate surface area is 74.5 Å². The number of rotatable bonds is 0. The van der Waals surface area contributed by atoms with Crippen molar-refractivity contribution in [2.24, 2.45) is 5.92 Å². The van der Waals surface area contributed by atoms with Crippen LogP contribution >= 0.6 is 0 Å². The molecule has 1 aliphatic rings. The van der Waals surface area contributed by atoms with Crippen molar-refractivity contribution in [2.75, 3.05) is 0 Å². The van der Waals surface area contributed by atoms with E-state index in [0.29, 0.717) is 11.7 Å². The molecule has 1 heteroatoms. The molecule has 66 valence electrons. The summed E-state index contributed by atoms with van der Waals surface area (Å²) in [6, 6.07) is 0. The number of hydrogen-bond donors (Lipinski definition) is 0. The van der Waals surface area contributed by atoms with Crippen molar-refractivity contribution in [1.29, 1.82) is 0 Å². The maximum Gasteiger partial charge on any atom is 0.132 e. The zero-order valence-electron chi connectivity index (χ0n) is 7.73. The molecule has 0 aromatic heterocycles. The second-order valence-electron chi connectivity index (χ2n) is 3.51. The summed E-state index contributed by atoms with van der Waals surface area (Å²) in [6.45, 7) is 2.10. The fourth-order valence-electron chi connectivity index (χ4n) is 1.36. The Morgan fingerprint density at radius 2 is 2.17 bits per heavy atom. The molecular weight excluding hydrogens is 148 g/mol. The van der Waals surface area contributed by atoms with Gasteiger partial charge in [0, 0.05) is 25.2 Å². The van der Waals surface area contributed by atoms with Gasteiger partial charge in [-0.2, -0.15) is 0 Å². The molecule has 0 fully saturated rings. The monoisotopic (exact) mass is 164 g/mol. The van der Waals surface area contributed by atoms with Crippen LogP contribution in [0.4, 0.5) is 0 Å².